The van der Waals surface area contributed by atoms with Gasteiger partial charge in [-0.3, -0.25) is 0 Å². The molecule has 0 spiro atoms. The minimum atomic E-state index is -0.196. The van der Waals surface area contributed by atoms with E-state index < -0.39 is 0 Å². The Bertz CT molecular complexity index is 596. The van der Waals surface area contributed by atoms with Crippen LogP contribution in [0.25, 0.3) is 0 Å². The number of fused-ring (bicyclic) bond motifs is 2. The number of nitrogens with one attached hydrogen (secondary N) is 2. The first-order valence-electron chi connectivity index (χ1n) is 7.85. The van der Waals surface area contributed by atoms with Crippen molar-refractivity contribution >= 4 is 6.03 Å². The van der Waals surface area contributed by atoms with Gasteiger partial charge in [0.15, 0.2) is 0 Å². The number of carbonyl (C=O) groups is 1. The minimum absolute atomic E-state index is 0.0918. The number of benzene rings is 1. The highest BCUT2D eigenvalue weighted by atomic mass is 16.3. The largest absolute Gasteiger partial charge is 0.396 e. The maximum Gasteiger partial charge on any atom is 0.315 e. The Hall–Kier alpha value is -2.06. The van der Waals surface area contributed by atoms with E-state index in [1.54, 1.807) is 12.1 Å². The van der Waals surface area contributed by atoms with Crippen LogP contribution in [0.3, 0.4) is 0 Å². The Labute approximate surface area is 130 Å². The molecular formula is C17H21N3O2. The van der Waals surface area contributed by atoms with Crippen molar-refractivity contribution in [3.8, 4) is 6.07 Å². The van der Waals surface area contributed by atoms with Gasteiger partial charge in [-0.05, 0) is 48.8 Å². The van der Waals surface area contributed by atoms with Crippen LogP contribution in [0.15, 0.2) is 24.3 Å². The molecule has 2 aliphatic carbocycles. The summed E-state index contributed by atoms with van der Waals surface area (Å²) in [6.07, 6.45) is 3.45. The average molecular weight is 299 g/mol. The zero-order valence-corrected chi connectivity index (χ0v) is 12.5. The molecule has 4 atom stereocenters. The third-order valence-corrected chi connectivity index (χ3v) is 5.11. The molecule has 5 nitrogen and oxygen atoms in total. The lowest BCUT2D eigenvalue weighted by atomic mass is 9.85. The Kier molecular flexibility index (Phi) is 4.30. The lowest BCUT2D eigenvalue weighted by Crippen LogP contribution is -2.48. The molecule has 1 aromatic rings. The van der Waals surface area contributed by atoms with E-state index >= 15 is 0 Å². The normalized spacial score (nSPS) is 29.1. The van der Waals surface area contributed by atoms with Gasteiger partial charge in [-0.15, -0.1) is 0 Å². The third-order valence-electron chi connectivity index (χ3n) is 5.11. The fourth-order valence-electron chi connectivity index (χ4n) is 4.03. The second-order valence-corrected chi connectivity index (χ2v) is 6.34. The first-order chi connectivity index (χ1) is 10.7. The van der Waals surface area contributed by atoms with Crippen LogP contribution in [-0.4, -0.2) is 23.8 Å². The fourth-order valence-corrected chi connectivity index (χ4v) is 4.03. The fraction of sp³-hybridized carbons (Fsp3) is 0.529. The van der Waals surface area contributed by atoms with E-state index in [1.165, 1.54) is 6.42 Å². The lowest BCUT2D eigenvalue weighted by Gasteiger charge is -2.30. The number of aliphatic hydroxyl groups excluding tert-OH is 1. The number of rotatable bonds is 4. The molecule has 4 unspecified atom stereocenters. The predicted molar refractivity (Wildman–Crippen MR) is 81.7 cm³/mol. The second-order valence-electron chi connectivity index (χ2n) is 6.34. The SMILES string of the molecule is N#Cc1cccc(CNC(=O)NC2C3CCC(C3)C2CO)c1. The number of nitrogens with zero attached hydrogens (tertiary/aromatic N) is 1. The van der Waals surface area contributed by atoms with Gasteiger partial charge in [0.1, 0.15) is 0 Å². The van der Waals surface area contributed by atoms with Crippen molar-refractivity contribution in [2.24, 2.45) is 17.8 Å². The van der Waals surface area contributed by atoms with Gasteiger partial charge in [0.05, 0.1) is 11.6 Å². The van der Waals surface area contributed by atoms with Crippen molar-refractivity contribution in [2.75, 3.05) is 6.61 Å². The highest BCUT2D eigenvalue weighted by molar-refractivity contribution is 5.74. The first-order valence-corrected chi connectivity index (χ1v) is 7.85. The quantitative estimate of drug-likeness (QED) is 0.792. The topological polar surface area (TPSA) is 85.2 Å². The molecule has 0 radical (unpaired) electrons. The lowest BCUT2D eigenvalue weighted by molar-refractivity contribution is 0.144. The maximum absolute atomic E-state index is 12.1. The van der Waals surface area contributed by atoms with Gasteiger partial charge in [-0.1, -0.05) is 12.1 Å². The average Bonchev–Trinajstić information content (AvgIpc) is 3.14. The highest BCUT2D eigenvalue weighted by Crippen LogP contribution is 2.48. The Balaban J connectivity index is 1.53. The summed E-state index contributed by atoms with van der Waals surface area (Å²) in [5.74, 6) is 1.27. The Morgan fingerprint density at radius 3 is 2.95 bits per heavy atom. The minimum Gasteiger partial charge on any atom is -0.396 e. The van der Waals surface area contributed by atoms with Gasteiger partial charge < -0.3 is 15.7 Å². The summed E-state index contributed by atoms with van der Waals surface area (Å²) in [6.45, 7) is 0.544. The molecule has 2 aliphatic rings. The van der Waals surface area contributed by atoms with Gasteiger partial charge in [-0.2, -0.15) is 5.26 Å². The molecule has 0 aromatic heterocycles. The molecule has 2 bridgehead atoms. The van der Waals surface area contributed by atoms with E-state index in [-0.39, 0.29) is 24.6 Å². The summed E-state index contributed by atoms with van der Waals surface area (Å²) in [5, 5.41) is 24.3. The van der Waals surface area contributed by atoms with Gasteiger partial charge >= 0.3 is 6.03 Å². The molecule has 0 aliphatic heterocycles. The van der Waals surface area contributed by atoms with E-state index in [1.807, 2.05) is 12.1 Å². The molecular weight excluding hydrogens is 278 g/mol. The van der Waals surface area contributed by atoms with Crippen molar-refractivity contribution in [1.82, 2.24) is 10.6 Å². The molecule has 1 aromatic carbocycles. The smallest absolute Gasteiger partial charge is 0.315 e. The molecule has 22 heavy (non-hydrogen) atoms. The Morgan fingerprint density at radius 2 is 2.18 bits per heavy atom. The summed E-state index contributed by atoms with van der Waals surface area (Å²) >= 11 is 0. The van der Waals surface area contributed by atoms with Gasteiger partial charge in [0.2, 0.25) is 0 Å². The number of hydrogen-bond acceptors (Lipinski definition) is 3. The van der Waals surface area contributed by atoms with Crippen molar-refractivity contribution < 1.29 is 9.90 Å². The Morgan fingerprint density at radius 1 is 1.36 bits per heavy atom. The van der Waals surface area contributed by atoms with Crippen LogP contribution in [-0.2, 0) is 6.54 Å². The van der Waals surface area contributed by atoms with Crippen molar-refractivity contribution in [1.29, 1.82) is 5.26 Å². The van der Waals surface area contributed by atoms with Crippen LogP contribution in [0.4, 0.5) is 4.79 Å². The van der Waals surface area contributed by atoms with Gasteiger partial charge in [0, 0.05) is 25.1 Å². The molecule has 2 amide bonds. The number of urea groups is 1. The zero-order valence-electron chi connectivity index (χ0n) is 12.5. The molecule has 3 rings (SSSR count). The second kappa shape index (κ2) is 6.37. The van der Waals surface area contributed by atoms with E-state index in [4.69, 9.17) is 5.26 Å². The monoisotopic (exact) mass is 299 g/mol. The zero-order chi connectivity index (χ0) is 15.5. The molecule has 0 saturated heterocycles. The van der Waals surface area contributed by atoms with Crippen LogP contribution in [0.1, 0.15) is 30.4 Å². The van der Waals surface area contributed by atoms with Crippen molar-refractivity contribution in [3.63, 3.8) is 0 Å². The summed E-state index contributed by atoms with van der Waals surface area (Å²) < 4.78 is 0. The van der Waals surface area contributed by atoms with E-state index in [0.29, 0.717) is 23.9 Å². The highest BCUT2D eigenvalue weighted by Gasteiger charge is 2.47. The van der Waals surface area contributed by atoms with Crippen LogP contribution in [0.2, 0.25) is 0 Å². The van der Waals surface area contributed by atoms with E-state index in [0.717, 1.165) is 18.4 Å². The summed E-state index contributed by atoms with van der Waals surface area (Å²) in [4.78, 5) is 12.1. The van der Waals surface area contributed by atoms with Gasteiger partial charge in [-0.25, -0.2) is 4.79 Å². The third kappa shape index (κ3) is 2.93. The van der Waals surface area contributed by atoms with Gasteiger partial charge in [0.25, 0.3) is 0 Å². The van der Waals surface area contributed by atoms with Crippen LogP contribution in [0.5, 0.6) is 0 Å². The number of amides is 2. The summed E-state index contributed by atoms with van der Waals surface area (Å²) in [7, 11) is 0. The molecule has 0 heterocycles. The number of carbonyl (C=O) groups excluding carboxylic acids is 1. The van der Waals surface area contributed by atoms with Crippen LogP contribution < -0.4 is 10.6 Å². The molecule has 2 saturated carbocycles. The standard InChI is InChI=1S/C17H21N3O2/c18-8-11-2-1-3-12(6-11)9-19-17(22)20-16-14-5-4-13(7-14)15(16)10-21/h1-3,6,13-16,21H,4-5,7,9-10H2,(H2,19,20,22). The molecule has 5 heteroatoms. The summed E-state index contributed by atoms with van der Waals surface area (Å²) in [5.41, 5.74) is 1.49. The molecule has 3 N–H and O–H groups in total. The molecule has 2 fully saturated rings. The predicted octanol–water partition coefficient (Wildman–Crippen LogP) is 1.76. The van der Waals surface area contributed by atoms with Crippen LogP contribution >= 0.6 is 0 Å². The summed E-state index contributed by atoms with van der Waals surface area (Å²) in [6, 6.07) is 9.19. The maximum atomic E-state index is 12.1. The van der Waals surface area contributed by atoms with Crippen LogP contribution in [0, 0.1) is 29.1 Å². The van der Waals surface area contributed by atoms with E-state index in [9.17, 15) is 9.90 Å². The molecule has 116 valence electrons. The van der Waals surface area contributed by atoms with E-state index in [2.05, 4.69) is 16.7 Å². The number of aliphatic hydroxyl groups is 1. The number of hydrogen-bond donors (Lipinski definition) is 3. The number of nitriles is 1. The van der Waals surface area contributed by atoms with Crippen molar-refractivity contribution in [2.45, 2.75) is 31.8 Å². The first kappa shape index (κ1) is 14.9. The van der Waals surface area contributed by atoms with Crippen molar-refractivity contribution in [3.05, 3.63) is 35.4 Å².